The maximum atomic E-state index is 13.2. The summed E-state index contributed by atoms with van der Waals surface area (Å²) in [4.78, 5) is 26.2. The summed E-state index contributed by atoms with van der Waals surface area (Å²) in [5.74, 6) is -0.550. The lowest BCUT2D eigenvalue weighted by Gasteiger charge is -2.24. The third-order valence-electron chi connectivity index (χ3n) is 12.3. The second kappa shape index (κ2) is 53.0. The molecular formula is C60H105NO5. The Labute approximate surface area is 408 Å². The fourth-order valence-corrected chi connectivity index (χ4v) is 8.14. The van der Waals surface area contributed by atoms with Crippen LogP contribution in [-0.4, -0.2) is 46.9 Å². The van der Waals surface area contributed by atoms with Crippen LogP contribution in [0.25, 0.3) is 0 Å². The van der Waals surface area contributed by atoms with Crippen LogP contribution in [0.2, 0.25) is 0 Å². The number of esters is 1. The predicted molar refractivity (Wildman–Crippen MR) is 287 cm³/mol. The number of hydrogen-bond acceptors (Lipinski definition) is 5. The van der Waals surface area contributed by atoms with Crippen molar-refractivity contribution >= 4 is 11.9 Å². The van der Waals surface area contributed by atoms with Gasteiger partial charge in [0.2, 0.25) is 5.91 Å². The maximum absolute atomic E-state index is 13.2. The molecule has 0 aliphatic heterocycles. The average Bonchev–Trinajstić information content (AvgIpc) is 3.31. The summed E-state index contributed by atoms with van der Waals surface area (Å²) >= 11 is 0. The standard InChI is InChI=1S/C60H105NO5/c1-4-7-10-13-16-19-22-25-27-28-29-30-32-35-38-41-44-47-50-53-60(65)66-56(51-48-45-42-39-36-33-24-21-18-15-12-9-6-3)54-59(64)61-57(55-62)58(63)52-49-46-43-40-37-34-31-26-23-20-17-14-11-8-5-2/h9,12,15-16,18-19,21,24-25,27,33,36,39,42,56-58,62-63H,4-8,10-11,13-14,17,20,22-23,26,28-32,34-35,37-38,40-41,43-55H2,1-3H3,(H,61,64)/b12-9+,18-15+,19-16-,24-21-,27-25-,36-33-,42-39+. The van der Waals surface area contributed by atoms with Gasteiger partial charge in [-0.15, -0.1) is 0 Å². The van der Waals surface area contributed by atoms with Crippen molar-refractivity contribution in [3.63, 3.8) is 0 Å². The van der Waals surface area contributed by atoms with Gasteiger partial charge < -0.3 is 20.3 Å². The molecule has 380 valence electrons. The Morgan fingerprint density at radius 2 is 0.894 bits per heavy atom. The largest absolute Gasteiger partial charge is 0.462 e. The Morgan fingerprint density at radius 3 is 1.41 bits per heavy atom. The highest BCUT2D eigenvalue weighted by Crippen LogP contribution is 2.17. The van der Waals surface area contributed by atoms with Crippen molar-refractivity contribution in [2.24, 2.45) is 0 Å². The quantitative estimate of drug-likeness (QED) is 0.0245. The molecule has 0 heterocycles. The van der Waals surface area contributed by atoms with E-state index in [0.29, 0.717) is 19.3 Å². The predicted octanol–water partition coefficient (Wildman–Crippen LogP) is 17.1. The molecule has 66 heavy (non-hydrogen) atoms. The van der Waals surface area contributed by atoms with E-state index in [9.17, 15) is 19.8 Å². The zero-order chi connectivity index (χ0) is 48.1. The van der Waals surface area contributed by atoms with Gasteiger partial charge in [0.05, 0.1) is 25.2 Å². The van der Waals surface area contributed by atoms with Gasteiger partial charge in [-0.2, -0.15) is 0 Å². The topological polar surface area (TPSA) is 95.9 Å². The second-order valence-corrected chi connectivity index (χ2v) is 18.7. The Bertz CT molecular complexity index is 1260. The SMILES string of the molecule is CC/C=C/C=C/C=C\C=C/C=C/CCCC(CC(=O)NC(CO)C(O)CCCCCCCCCCCCCCCCC)OC(=O)CCCCCCCCCCC/C=C\C/C=C\CCCCC. The zero-order valence-electron chi connectivity index (χ0n) is 43.3. The lowest BCUT2D eigenvalue weighted by atomic mass is 10.0. The molecule has 0 aromatic heterocycles. The average molecular weight is 921 g/mol. The first-order valence-electron chi connectivity index (χ1n) is 27.9. The number of aliphatic hydroxyl groups excluding tert-OH is 2. The van der Waals surface area contributed by atoms with Crippen molar-refractivity contribution in [1.29, 1.82) is 0 Å². The maximum Gasteiger partial charge on any atom is 0.306 e. The Balaban J connectivity index is 4.60. The molecule has 3 N–H and O–H groups in total. The molecule has 0 saturated heterocycles. The van der Waals surface area contributed by atoms with Crippen molar-refractivity contribution in [2.45, 2.75) is 277 Å². The van der Waals surface area contributed by atoms with Gasteiger partial charge in [-0.25, -0.2) is 0 Å². The third kappa shape index (κ3) is 47.5. The molecule has 3 unspecified atom stereocenters. The van der Waals surface area contributed by atoms with Crippen LogP contribution in [0.15, 0.2) is 85.1 Å². The molecule has 0 saturated carbocycles. The number of rotatable bonds is 49. The highest BCUT2D eigenvalue weighted by atomic mass is 16.5. The number of carbonyl (C=O) groups is 2. The highest BCUT2D eigenvalue weighted by molar-refractivity contribution is 5.77. The van der Waals surface area contributed by atoms with Gasteiger partial charge in [0.15, 0.2) is 0 Å². The summed E-state index contributed by atoms with van der Waals surface area (Å²) in [6.45, 7) is 6.31. The molecule has 0 aromatic carbocycles. The fourth-order valence-electron chi connectivity index (χ4n) is 8.14. The van der Waals surface area contributed by atoms with E-state index in [1.54, 1.807) is 0 Å². The van der Waals surface area contributed by atoms with Crippen LogP contribution in [0.5, 0.6) is 0 Å². The third-order valence-corrected chi connectivity index (χ3v) is 12.3. The number of allylic oxidation sites excluding steroid dienone is 14. The Hall–Kier alpha value is -2.96. The van der Waals surface area contributed by atoms with Crippen LogP contribution < -0.4 is 5.32 Å². The van der Waals surface area contributed by atoms with Crippen molar-refractivity contribution in [3.8, 4) is 0 Å². The summed E-state index contributed by atoms with van der Waals surface area (Å²) < 4.78 is 5.91. The molecule has 0 aromatic rings. The molecule has 1 amide bonds. The Morgan fingerprint density at radius 1 is 0.470 bits per heavy atom. The van der Waals surface area contributed by atoms with Crippen LogP contribution in [0, 0.1) is 0 Å². The van der Waals surface area contributed by atoms with Crippen molar-refractivity contribution in [2.75, 3.05) is 6.61 Å². The number of unbranched alkanes of at least 4 members (excludes halogenated alkanes) is 27. The van der Waals surface area contributed by atoms with E-state index in [2.05, 4.69) is 62.5 Å². The van der Waals surface area contributed by atoms with Gasteiger partial charge >= 0.3 is 5.97 Å². The first-order valence-corrected chi connectivity index (χ1v) is 27.9. The number of ether oxygens (including phenoxy) is 1. The van der Waals surface area contributed by atoms with E-state index in [1.165, 1.54) is 148 Å². The molecule has 0 radical (unpaired) electrons. The van der Waals surface area contributed by atoms with Gasteiger partial charge in [-0.05, 0) is 70.6 Å². The molecule has 6 nitrogen and oxygen atoms in total. The highest BCUT2D eigenvalue weighted by Gasteiger charge is 2.24. The van der Waals surface area contributed by atoms with E-state index in [0.717, 1.165) is 64.2 Å². The van der Waals surface area contributed by atoms with Crippen LogP contribution in [0.4, 0.5) is 0 Å². The van der Waals surface area contributed by atoms with Crippen molar-refractivity contribution < 1.29 is 24.5 Å². The first-order chi connectivity index (χ1) is 32.5. The first kappa shape index (κ1) is 63.0. The number of nitrogens with one attached hydrogen (secondary N) is 1. The molecular weight excluding hydrogens is 815 g/mol. The minimum Gasteiger partial charge on any atom is -0.462 e. The molecule has 6 heteroatoms. The molecule has 0 bridgehead atoms. The van der Waals surface area contributed by atoms with Crippen LogP contribution in [0.3, 0.4) is 0 Å². The normalized spacial score (nSPS) is 13.8. The minimum atomic E-state index is -0.811. The van der Waals surface area contributed by atoms with E-state index in [1.807, 2.05) is 48.6 Å². The van der Waals surface area contributed by atoms with Gasteiger partial charge in [-0.1, -0.05) is 260 Å². The molecule has 3 atom stereocenters. The summed E-state index contributed by atoms with van der Waals surface area (Å²) in [5, 5.41) is 23.8. The fraction of sp³-hybridized carbons (Fsp3) is 0.733. The van der Waals surface area contributed by atoms with Gasteiger partial charge in [0.25, 0.3) is 0 Å². The van der Waals surface area contributed by atoms with Crippen LogP contribution in [-0.2, 0) is 14.3 Å². The summed E-state index contributed by atoms with van der Waals surface area (Å²) in [6.07, 6.45) is 69.4. The number of amides is 1. The van der Waals surface area contributed by atoms with Crippen molar-refractivity contribution in [1.82, 2.24) is 5.32 Å². The lowest BCUT2D eigenvalue weighted by molar-refractivity contribution is -0.151. The van der Waals surface area contributed by atoms with Gasteiger partial charge in [-0.3, -0.25) is 9.59 Å². The second-order valence-electron chi connectivity index (χ2n) is 18.7. The minimum absolute atomic E-state index is 0.0239. The van der Waals surface area contributed by atoms with E-state index < -0.39 is 18.2 Å². The molecule has 0 fully saturated rings. The van der Waals surface area contributed by atoms with Crippen LogP contribution >= 0.6 is 0 Å². The number of aliphatic hydroxyl groups is 2. The molecule has 0 spiro atoms. The van der Waals surface area contributed by atoms with Gasteiger partial charge in [0, 0.05) is 6.42 Å². The smallest absolute Gasteiger partial charge is 0.306 e. The molecule has 0 aliphatic carbocycles. The lowest BCUT2D eigenvalue weighted by Crippen LogP contribution is -2.46. The zero-order valence-corrected chi connectivity index (χ0v) is 43.3. The van der Waals surface area contributed by atoms with Crippen molar-refractivity contribution in [3.05, 3.63) is 85.1 Å². The van der Waals surface area contributed by atoms with E-state index in [4.69, 9.17) is 4.74 Å². The summed E-state index contributed by atoms with van der Waals surface area (Å²) in [5.41, 5.74) is 0. The van der Waals surface area contributed by atoms with Crippen LogP contribution in [0.1, 0.15) is 258 Å². The molecule has 0 rings (SSSR count). The summed E-state index contributed by atoms with van der Waals surface area (Å²) in [6, 6.07) is -0.730. The summed E-state index contributed by atoms with van der Waals surface area (Å²) in [7, 11) is 0. The number of carbonyl (C=O) groups excluding carboxylic acids is 2. The Kier molecular flexibility index (Phi) is 50.6. The van der Waals surface area contributed by atoms with E-state index >= 15 is 0 Å². The molecule has 0 aliphatic rings. The van der Waals surface area contributed by atoms with E-state index in [-0.39, 0.29) is 24.9 Å². The van der Waals surface area contributed by atoms with Gasteiger partial charge in [0.1, 0.15) is 6.10 Å². The number of hydrogen-bond donors (Lipinski definition) is 3. The monoisotopic (exact) mass is 920 g/mol.